The van der Waals surface area contributed by atoms with E-state index in [1.807, 2.05) is 24.4 Å². The van der Waals surface area contributed by atoms with Crippen LogP contribution in [0, 0.1) is 6.92 Å². The van der Waals surface area contributed by atoms with E-state index < -0.39 is 18.5 Å². The summed E-state index contributed by atoms with van der Waals surface area (Å²) in [5.74, 6) is -1.50. The molecule has 0 radical (unpaired) electrons. The van der Waals surface area contributed by atoms with E-state index in [4.69, 9.17) is 9.84 Å². The van der Waals surface area contributed by atoms with Crippen LogP contribution in [0.2, 0.25) is 0 Å². The van der Waals surface area contributed by atoms with Crippen molar-refractivity contribution >= 4 is 28.9 Å². The number of nitrogens with one attached hydrogen (secondary N) is 1. The summed E-state index contributed by atoms with van der Waals surface area (Å²) in [6, 6.07) is 7.25. The largest absolute Gasteiger partial charge is 0.480 e. The van der Waals surface area contributed by atoms with Crippen LogP contribution in [-0.2, 0) is 14.3 Å². The number of carbonyl (C=O) groups is 2. The molecule has 0 unspecified atom stereocenters. The van der Waals surface area contributed by atoms with Crippen LogP contribution in [0.4, 0.5) is 5.69 Å². The second kappa shape index (κ2) is 6.96. The van der Waals surface area contributed by atoms with E-state index >= 15 is 0 Å². The number of aliphatic carboxylic acids is 1. The molecule has 6 nitrogen and oxygen atoms in total. The van der Waals surface area contributed by atoms with Gasteiger partial charge in [-0.05, 0) is 19.1 Å². The molecule has 0 aliphatic rings. The standard InChI is InChI=1S/C14H14N2O4S/c1-9-15-12(8-21-9)10-2-4-11(5-3-10)16-13(17)6-20-7-14(18)19/h2-5,8H,6-7H2,1H3,(H,16,17)(H,18,19). The summed E-state index contributed by atoms with van der Waals surface area (Å²) in [7, 11) is 0. The van der Waals surface area contributed by atoms with Crippen molar-refractivity contribution in [2.45, 2.75) is 6.92 Å². The lowest BCUT2D eigenvalue weighted by Crippen LogP contribution is -2.20. The third kappa shape index (κ3) is 4.66. The Morgan fingerprint density at radius 3 is 2.57 bits per heavy atom. The number of hydrogen-bond donors (Lipinski definition) is 2. The minimum atomic E-state index is -1.11. The quantitative estimate of drug-likeness (QED) is 0.853. The zero-order chi connectivity index (χ0) is 15.2. The monoisotopic (exact) mass is 306 g/mol. The normalized spacial score (nSPS) is 10.3. The Bertz CT molecular complexity index is 637. The van der Waals surface area contributed by atoms with E-state index in [0.717, 1.165) is 16.3 Å². The number of thiazole rings is 1. The van der Waals surface area contributed by atoms with Crippen LogP contribution in [-0.4, -0.2) is 35.2 Å². The molecule has 1 heterocycles. The maximum atomic E-state index is 11.5. The molecule has 110 valence electrons. The van der Waals surface area contributed by atoms with Crippen molar-refractivity contribution in [2.75, 3.05) is 18.5 Å². The SMILES string of the molecule is Cc1nc(-c2ccc(NC(=O)COCC(=O)O)cc2)cs1. The molecular formula is C14H14N2O4S. The molecule has 21 heavy (non-hydrogen) atoms. The molecule has 0 aliphatic heterocycles. The van der Waals surface area contributed by atoms with Crippen LogP contribution in [0.3, 0.4) is 0 Å². The summed E-state index contributed by atoms with van der Waals surface area (Å²) < 4.78 is 4.70. The van der Waals surface area contributed by atoms with Crippen LogP contribution in [0.1, 0.15) is 5.01 Å². The molecule has 0 bridgehead atoms. The van der Waals surface area contributed by atoms with Gasteiger partial charge < -0.3 is 15.2 Å². The fourth-order valence-electron chi connectivity index (χ4n) is 1.65. The average Bonchev–Trinajstić information content (AvgIpc) is 2.86. The van der Waals surface area contributed by atoms with Gasteiger partial charge in [0.1, 0.15) is 13.2 Å². The van der Waals surface area contributed by atoms with E-state index in [1.54, 1.807) is 23.5 Å². The molecule has 1 amide bonds. The van der Waals surface area contributed by atoms with Crippen molar-refractivity contribution in [3.63, 3.8) is 0 Å². The number of amides is 1. The fraction of sp³-hybridized carbons (Fsp3) is 0.214. The van der Waals surface area contributed by atoms with Crippen molar-refractivity contribution in [1.29, 1.82) is 0 Å². The number of carboxylic acid groups (broad SMARTS) is 1. The van der Waals surface area contributed by atoms with Crippen molar-refractivity contribution in [2.24, 2.45) is 0 Å². The number of anilines is 1. The minimum absolute atomic E-state index is 0.292. The second-order valence-electron chi connectivity index (χ2n) is 4.26. The third-order valence-electron chi connectivity index (χ3n) is 2.54. The molecule has 0 saturated heterocycles. The van der Waals surface area contributed by atoms with Gasteiger partial charge in [-0.3, -0.25) is 4.79 Å². The van der Waals surface area contributed by atoms with Crippen LogP contribution in [0.15, 0.2) is 29.6 Å². The van der Waals surface area contributed by atoms with Crippen LogP contribution in [0.25, 0.3) is 11.3 Å². The molecule has 2 aromatic rings. The Labute approximate surface area is 125 Å². The Morgan fingerprint density at radius 1 is 1.29 bits per heavy atom. The molecular weight excluding hydrogens is 292 g/mol. The van der Waals surface area contributed by atoms with Gasteiger partial charge in [-0.2, -0.15) is 0 Å². The molecule has 2 N–H and O–H groups in total. The first-order valence-corrected chi connectivity index (χ1v) is 7.04. The number of rotatable bonds is 6. The van der Waals surface area contributed by atoms with Crippen molar-refractivity contribution in [3.8, 4) is 11.3 Å². The fourth-order valence-corrected chi connectivity index (χ4v) is 2.27. The summed E-state index contributed by atoms with van der Waals surface area (Å²) in [6.07, 6.45) is 0. The molecule has 1 aromatic heterocycles. The Morgan fingerprint density at radius 2 is 2.00 bits per heavy atom. The maximum absolute atomic E-state index is 11.5. The number of hydrogen-bond acceptors (Lipinski definition) is 5. The van der Waals surface area contributed by atoms with Gasteiger partial charge in [-0.1, -0.05) is 12.1 Å². The van der Waals surface area contributed by atoms with Crippen molar-refractivity contribution in [3.05, 3.63) is 34.7 Å². The highest BCUT2D eigenvalue weighted by atomic mass is 32.1. The molecule has 0 fully saturated rings. The maximum Gasteiger partial charge on any atom is 0.329 e. The first-order valence-electron chi connectivity index (χ1n) is 6.16. The van der Waals surface area contributed by atoms with E-state index in [2.05, 4.69) is 10.3 Å². The molecule has 7 heteroatoms. The number of ether oxygens (including phenoxy) is 1. The number of aromatic nitrogens is 1. The van der Waals surface area contributed by atoms with Crippen molar-refractivity contribution in [1.82, 2.24) is 4.98 Å². The summed E-state index contributed by atoms with van der Waals surface area (Å²) in [5, 5.41) is 14.0. The Balaban J connectivity index is 1.90. The predicted octanol–water partition coefficient (Wildman–Crippen LogP) is 2.16. The van der Waals surface area contributed by atoms with Gasteiger partial charge in [0, 0.05) is 16.6 Å². The highest BCUT2D eigenvalue weighted by molar-refractivity contribution is 7.09. The van der Waals surface area contributed by atoms with Crippen LogP contribution >= 0.6 is 11.3 Å². The second-order valence-corrected chi connectivity index (χ2v) is 5.33. The average molecular weight is 306 g/mol. The first kappa shape index (κ1) is 15.1. The minimum Gasteiger partial charge on any atom is -0.480 e. The van der Waals surface area contributed by atoms with Gasteiger partial charge in [0.15, 0.2) is 0 Å². The van der Waals surface area contributed by atoms with Gasteiger partial charge in [0.05, 0.1) is 10.7 Å². The summed E-state index contributed by atoms with van der Waals surface area (Å²) in [6.45, 7) is 1.16. The zero-order valence-corrected chi connectivity index (χ0v) is 12.1. The first-order chi connectivity index (χ1) is 10.0. The number of carbonyl (C=O) groups excluding carboxylic acids is 1. The van der Waals surface area contributed by atoms with Gasteiger partial charge in [-0.25, -0.2) is 9.78 Å². The van der Waals surface area contributed by atoms with E-state index in [-0.39, 0.29) is 6.61 Å². The number of carboxylic acids is 1. The number of aryl methyl sites for hydroxylation is 1. The topological polar surface area (TPSA) is 88.5 Å². The van der Waals surface area contributed by atoms with E-state index in [1.165, 1.54) is 0 Å². The van der Waals surface area contributed by atoms with Gasteiger partial charge in [-0.15, -0.1) is 11.3 Å². The van der Waals surface area contributed by atoms with Crippen molar-refractivity contribution < 1.29 is 19.4 Å². The Hall–Kier alpha value is -2.25. The molecule has 0 spiro atoms. The molecule has 1 aromatic carbocycles. The molecule has 0 atom stereocenters. The summed E-state index contributed by atoms with van der Waals surface area (Å²) in [4.78, 5) is 26.1. The van der Waals surface area contributed by atoms with Gasteiger partial charge in [0.2, 0.25) is 5.91 Å². The van der Waals surface area contributed by atoms with Gasteiger partial charge in [0.25, 0.3) is 0 Å². The molecule has 0 aliphatic carbocycles. The lowest BCUT2D eigenvalue weighted by molar-refractivity contribution is -0.143. The van der Waals surface area contributed by atoms with Gasteiger partial charge >= 0.3 is 5.97 Å². The molecule has 2 rings (SSSR count). The predicted molar refractivity (Wildman–Crippen MR) is 79.4 cm³/mol. The third-order valence-corrected chi connectivity index (χ3v) is 3.32. The van der Waals surface area contributed by atoms with E-state index in [0.29, 0.717) is 5.69 Å². The smallest absolute Gasteiger partial charge is 0.329 e. The number of nitrogens with zero attached hydrogens (tertiary/aromatic N) is 1. The zero-order valence-electron chi connectivity index (χ0n) is 11.3. The number of benzene rings is 1. The van der Waals surface area contributed by atoms with Crippen LogP contribution in [0.5, 0.6) is 0 Å². The highest BCUT2D eigenvalue weighted by Gasteiger charge is 2.06. The lowest BCUT2D eigenvalue weighted by atomic mass is 10.1. The summed E-state index contributed by atoms with van der Waals surface area (Å²) >= 11 is 1.58. The summed E-state index contributed by atoms with van der Waals surface area (Å²) in [5.41, 5.74) is 2.49. The molecule has 0 saturated carbocycles. The Kier molecular flexibility index (Phi) is 5.02. The highest BCUT2D eigenvalue weighted by Crippen LogP contribution is 2.22. The van der Waals surface area contributed by atoms with E-state index in [9.17, 15) is 9.59 Å². The lowest BCUT2D eigenvalue weighted by Gasteiger charge is -2.06. The van der Waals surface area contributed by atoms with Crippen LogP contribution < -0.4 is 5.32 Å².